The third-order valence-corrected chi connectivity index (χ3v) is 3.62. The molecule has 0 bridgehead atoms. The molecule has 4 nitrogen and oxygen atoms in total. The zero-order chi connectivity index (χ0) is 14.2. The van der Waals surface area contributed by atoms with Gasteiger partial charge in [0, 0.05) is 19.1 Å². The monoisotopic (exact) mass is 279 g/mol. The van der Waals surface area contributed by atoms with E-state index in [2.05, 4.69) is 30.4 Å². The summed E-state index contributed by atoms with van der Waals surface area (Å²) < 4.78 is 10.8. The minimum absolute atomic E-state index is 0.0994. The summed E-state index contributed by atoms with van der Waals surface area (Å²) in [5.74, 6) is 1.04. The highest BCUT2D eigenvalue weighted by Gasteiger charge is 2.15. The van der Waals surface area contributed by atoms with Crippen molar-refractivity contribution in [1.29, 1.82) is 0 Å². The fourth-order valence-electron chi connectivity index (χ4n) is 2.54. The molecular formula is C16H25NO3. The van der Waals surface area contributed by atoms with Crippen LogP contribution in [0.4, 0.5) is 0 Å². The molecule has 4 heteroatoms. The number of aliphatic hydroxyl groups is 1. The molecule has 1 aromatic carbocycles. The van der Waals surface area contributed by atoms with Crippen molar-refractivity contribution in [2.24, 2.45) is 0 Å². The van der Waals surface area contributed by atoms with Crippen molar-refractivity contribution in [3.63, 3.8) is 0 Å². The van der Waals surface area contributed by atoms with E-state index in [0.29, 0.717) is 19.3 Å². The number of fused-ring (bicyclic) bond motifs is 1. The molecule has 20 heavy (non-hydrogen) atoms. The summed E-state index contributed by atoms with van der Waals surface area (Å²) in [6, 6.07) is 6.91. The van der Waals surface area contributed by atoms with Crippen LogP contribution in [0.5, 0.6) is 5.75 Å². The predicted octanol–water partition coefficient (Wildman–Crippen LogP) is 2.06. The molecule has 1 aliphatic rings. The summed E-state index contributed by atoms with van der Waals surface area (Å²) in [4.78, 5) is 0. The van der Waals surface area contributed by atoms with Crippen LogP contribution in [0.25, 0.3) is 0 Å². The lowest BCUT2D eigenvalue weighted by Gasteiger charge is -2.18. The van der Waals surface area contributed by atoms with Crippen LogP contribution in [0.2, 0.25) is 0 Å². The molecule has 0 spiro atoms. The van der Waals surface area contributed by atoms with Crippen LogP contribution in [0, 0.1) is 0 Å². The highest BCUT2D eigenvalue weighted by Crippen LogP contribution is 2.29. The molecule has 1 aromatic rings. The molecule has 0 aliphatic carbocycles. The molecule has 0 aromatic heterocycles. The van der Waals surface area contributed by atoms with Crippen molar-refractivity contribution in [1.82, 2.24) is 5.32 Å². The van der Waals surface area contributed by atoms with Crippen molar-refractivity contribution in [2.45, 2.75) is 32.2 Å². The van der Waals surface area contributed by atoms with Gasteiger partial charge in [-0.2, -0.15) is 0 Å². The summed E-state index contributed by atoms with van der Waals surface area (Å²) in [5.41, 5.74) is 2.67. The molecule has 1 aliphatic heterocycles. The van der Waals surface area contributed by atoms with Crippen molar-refractivity contribution < 1.29 is 14.6 Å². The Bertz CT molecular complexity index is 409. The van der Waals surface area contributed by atoms with E-state index in [0.717, 1.165) is 38.2 Å². The van der Waals surface area contributed by atoms with Crippen LogP contribution in [0.3, 0.4) is 0 Å². The second-order valence-corrected chi connectivity index (χ2v) is 5.07. The normalized spacial score (nSPS) is 14.9. The van der Waals surface area contributed by atoms with Crippen LogP contribution in [0.15, 0.2) is 18.2 Å². The van der Waals surface area contributed by atoms with Gasteiger partial charge >= 0.3 is 0 Å². The molecule has 0 amide bonds. The Hall–Kier alpha value is -1.10. The Morgan fingerprint density at radius 2 is 2.30 bits per heavy atom. The van der Waals surface area contributed by atoms with E-state index in [1.807, 2.05) is 0 Å². The van der Waals surface area contributed by atoms with Gasteiger partial charge in [-0.15, -0.1) is 0 Å². The van der Waals surface area contributed by atoms with Crippen LogP contribution < -0.4 is 10.1 Å². The molecular weight excluding hydrogens is 254 g/mol. The largest absolute Gasteiger partial charge is 0.493 e. The maximum absolute atomic E-state index is 8.62. The lowest BCUT2D eigenvalue weighted by atomic mass is 10.0. The smallest absolute Gasteiger partial charge is 0.122 e. The summed E-state index contributed by atoms with van der Waals surface area (Å²) >= 11 is 0. The van der Waals surface area contributed by atoms with Crippen molar-refractivity contribution >= 4 is 0 Å². The Morgan fingerprint density at radius 1 is 1.40 bits per heavy atom. The van der Waals surface area contributed by atoms with Gasteiger partial charge in [-0.05, 0) is 36.6 Å². The van der Waals surface area contributed by atoms with Crippen LogP contribution in [0.1, 0.15) is 36.9 Å². The van der Waals surface area contributed by atoms with Gasteiger partial charge in [0.25, 0.3) is 0 Å². The van der Waals surface area contributed by atoms with Crippen molar-refractivity contribution in [2.75, 3.05) is 33.0 Å². The van der Waals surface area contributed by atoms with Crippen LogP contribution >= 0.6 is 0 Å². The first-order valence-corrected chi connectivity index (χ1v) is 7.52. The van der Waals surface area contributed by atoms with E-state index in [4.69, 9.17) is 14.6 Å². The minimum atomic E-state index is 0.0994. The fraction of sp³-hybridized carbons (Fsp3) is 0.625. The van der Waals surface area contributed by atoms with Gasteiger partial charge in [-0.3, -0.25) is 0 Å². The predicted molar refractivity (Wildman–Crippen MR) is 79.2 cm³/mol. The number of ether oxygens (including phenoxy) is 2. The molecule has 0 saturated carbocycles. The van der Waals surface area contributed by atoms with Gasteiger partial charge in [-0.1, -0.05) is 19.1 Å². The van der Waals surface area contributed by atoms with Gasteiger partial charge in [0.05, 0.1) is 19.8 Å². The number of aliphatic hydroxyl groups excluding tert-OH is 1. The molecule has 1 heterocycles. The summed E-state index contributed by atoms with van der Waals surface area (Å²) in [7, 11) is 0. The van der Waals surface area contributed by atoms with Gasteiger partial charge in [0.15, 0.2) is 0 Å². The number of benzene rings is 1. The Balaban J connectivity index is 1.79. The van der Waals surface area contributed by atoms with E-state index >= 15 is 0 Å². The zero-order valence-electron chi connectivity index (χ0n) is 12.2. The minimum Gasteiger partial charge on any atom is -0.493 e. The third kappa shape index (κ3) is 4.20. The topological polar surface area (TPSA) is 50.7 Å². The lowest BCUT2D eigenvalue weighted by Crippen LogP contribution is -2.23. The Morgan fingerprint density at radius 3 is 3.10 bits per heavy atom. The summed E-state index contributed by atoms with van der Waals surface area (Å²) in [6.07, 6.45) is 3.05. The maximum atomic E-state index is 8.62. The number of hydrogen-bond donors (Lipinski definition) is 2. The maximum Gasteiger partial charge on any atom is 0.122 e. The van der Waals surface area contributed by atoms with E-state index in [1.165, 1.54) is 11.1 Å². The van der Waals surface area contributed by atoms with Gasteiger partial charge in [0.2, 0.25) is 0 Å². The summed E-state index contributed by atoms with van der Waals surface area (Å²) in [5, 5.41) is 12.2. The molecule has 0 fully saturated rings. The van der Waals surface area contributed by atoms with Crippen molar-refractivity contribution in [3.8, 4) is 5.75 Å². The molecule has 2 rings (SSSR count). The zero-order valence-corrected chi connectivity index (χ0v) is 12.2. The Kier molecular flexibility index (Phi) is 6.30. The highest BCUT2D eigenvalue weighted by atomic mass is 16.5. The first kappa shape index (κ1) is 15.3. The first-order chi connectivity index (χ1) is 9.85. The van der Waals surface area contributed by atoms with Crippen molar-refractivity contribution in [3.05, 3.63) is 29.3 Å². The number of hydrogen-bond acceptors (Lipinski definition) is 4. The van der Waals surface area contributed by atoms with E-state index in [1.54, 1.807) is 0 Å². The van der Waals surface area contributed by atoms with E-state index in [9.17, 15) is 0 Å². The standard InChI is InChI=1S/C16H25NO3/c1-2-15(17-7-3-9-19-11-8-18)13-4-5-16-14(12-13)6-10-20-16/h4-5,12,15,17-18H,2-3,6-11H2,1H3. The molecule has 0 radical (unpaired) electrons. The van der Waals surface area contributed by atoms with Gasteiger partial charge in [0.1, 0.15) is 5.75 Å². The molecule has 112 valence electrons. The Labute approximate surface area is 121 Å². The van der Waals surface area contributed by atoms with E-state index < -0.39 is 0 Å². The fourth-order valence-corrected chi connectivity index (χ4v) is 2.54. The molecule has 1 unspecified atom stereocenters. The molecule has 0 saturated heterocycles. The second kappa shape index (κ2) is 8.25. The molecule has 2 N–H and O–H groups in total. The average Bonchev–Trinajstić information content (AvgIpc) is 2.94. The van der Waals surface area contributed by atoms with Crippen LogP contribution in [-0.2, 0) is 11.2 Å². The first-order valence-electron chi connectivity index (χ1n) is 7.52. The SMILES string of the molecule is CCC(NCCCOCCO)c1ccc2c(c1)CCO2. The van der Waals surface area contributed by atoms with E-state index in [-0.39, 0.29) is 6.61 Å². The van der Waals surface area contributed by atoms with Gasteiger partial charge in [-0.25, -0.2) is 0 Å². The quantitative estimate of drug-likeness (QED) is 0.679. The number of rotatable bonds is 9. The van der Waals surface area contributed by atoms with Crippen LogP contribution in [-0.4, -0.2) is 38.1 Å². The summed E-state index contributed by atoms with van der Waals surface area (Å²) in [6.45, 7) is 5.17. The average molecular weight is 279 g/mol. The third-order valence-electron chi connectivity index (χ3n) is 3.62. The highest BCUT2D eigenvalue weighted by molar-refractivity contribution is 5.40. The lowest BCUT2D eigenvalue weighted by molar-refractivity contribution is 0.0903. The van der Waals surface area contributed by atoms with Gasteiger partial charge < -0.3 is 19.9 Å². The molecule has 1 atom stereocenters. The number of nitrogens with one attached hydrogen (secondary N) is 1. The second-order valence-electron chi connectivity index (χ2n) is 5.07.